The molecule has 1 N–H and O–H groups in total. The number of hydrogen-bond donors (Lipinski definition) is 1. The molecular weight excluding hydrogens is 483 g/mol. The molecule has 1 aliphatic carbocycles. The number of rotatable bonds is 8. The lowest BCUT2D eigenvalue weighted by atomic mass is 9.95. The van der Waals surface area contributed by atoms with Gasteiger partial charge in [-0.05, 0) is 68.1 Å². The zero-order valence-corrected chi connectivity index (χ0v) is 21.1. The third-order valence-corrected chi connectivity index (χ3v) is 6.98. The molecule has 1 fully saturated rings. The molecule has 2 aromatic carbocycles. The van der Waals surface area contributed by atoms with E-state index in [4.69, 9.17) is 39.5 Å². The summed E-state index contributed by atoms with van der Waals surface area (Å²) in [5.41, 5.74) is 1.56. The van der Waals surface area contributed by atoms with Crippen molar-refractivity contribution in [2.24, 2.45) is 0 Å². The van der Waals surface area contributed by atoms with Crippen LogP contribution in [0.5, 0.6) is 5.75 Å². The number of carbonyl (C=O) groups excluding carboxylic acids is 2. The molecule has 1 aliphatic rings. The Morgan fingerprint density at radius 3 is 2.45 bits per heavy atom. The number of aryl methyl sites for hydroxylation is 1. The number of hydrogen-bond acceptors (Lipinski definition) is 3. The first-order valence-electron chi connectivity index (χ1n) is 11.2. The largest absolute Gasteiger partial charge is 0.484 e. The highest BCUT2D eigenvalue weighted by Gasteiger charge is 2.29. The number of halogens is 3. The Morgan fingerprint density at radius 1 is 1.06 bits per heavy atom. The zero-order chi connectivity index (χ0) is 24.0. The van der Waals surface area contributed by atoms with Crippen LogP contribution >= 0.6 is 34.8 Å². The molecule has 0 heterocycles. The van der Waals surface area contributed by atoms with Gasteiger partial charge in [0.25, 0.3) is 5.91 Å². The molecule has 1 atom stereocenters. The van der Waals surface area contributed by atoms with Crippen molar-refractivity contribution in [3.8, 4) is 5.75 Å². The average Bonchev–Trinajstić information content (AvgIpc) is 2.79. The molecule has 0 bridgehead atoms. The van der Waals surface area contributed by atoms with E-state index < -0.39 is 6.04 Å². The van der Waals surface area contributed by atoms with E-state index in [1.54, 1.807) is 43.3 Å². The van der Waals surface area contributed by atoms with Crippen LogP contribution in [-0.2, 0) is 16.1 Å². The SMILES string of the molecule is Cc1cc(OCC(=O)N(Cc2ccc(Cl)cc2Cl)C(C)C(=O)NC2CCCCC2)ccc1Cl. The minimum atomic E-state index is -0.693. The third kappa shape index (κ3) is 7.26. The zero-order valence-electron chi connectivity index (χ0n) is 18.9. The Kier molecular flexibility index (Phi) is 9.30. The minimum absolute atomic E-state index is 0.151. The van der Waals surface area contributed by atoms with Gasteiger partial charge < -0.3 is 15.0 Å². The summed E-state index contributed by atoms with van der Waals surface area (Å²) in [5, 5.41) is 4.68. The van der Waals surface area contributed by atoms with E-state index in [1.807, 2.05) is 6.92 Å². The Bertz CT molecular complexity index is 993. The van der Waals surface area contributed by atoms with Crippen LogP contribution in [0.15, 0.2) is 36.4 Å². The third-order valence-electron chi connectivity index (χ3n) is 5.97. The van der Waals surface area contributed by atoms with Crippen molar-refractivity contribution in [3.05, 3.63) is 62.6 Å². The fourth-order valence-electron chi connectivity index (χ4n) is 3.92. The summed E-state index contributed by atoms with van der Waals surface area (Å²) in [4.78, 5) is 27.7. The second-order valence-corrected chi connectivity index (χ2v) is 9.73. The molecule has 178 valence electrons. The van der Waals surface area contributed by atoms with Crippen molar-refractivity contribution in [2.45, 2.75) is 64.6 Å². The van der Waals surface area contributed by atoms with E-state index >= 15 is 0 Å². The van der Waals surface area contributed by atoms with E-state index in [9.17, 15) is 9.59 Å². The Hall–Kier alpha value is -1.95. The van der Waals surface area contributed by atoms with Crippen molar-refractivity contribution in [2.75, 3.05) is 6.61 Å². The quantitative estimate of drug-likeness (QED) is 0.459. The van der Waals surface area contributed by atoms with Crippen LogP contribution in [0.4, 0.5) is 0 Å². The Morgan fingerprint density at radius 2 is 1.79 bits per heavy atom. The summed E-state index contributed by atoms with van der Waals surface area (Å²) in [7, 11) is 0. The number of ether oxygens (including phenoxy) is 1. The molecular formula is C25H29Cl3N2O3. The lowest BCUT2D eigenvalue weighted by molar-refractivity contribution is -0.142. The van der Waals surface area contributed by atoms with E-state index in [-0.39, 0.29) is 31.0 Å². The van der Waals surface area contributed by atoms with Gasteiger partial charge in [0, 0.05) is 27.7 Å². The van der Waals surface area contributed by atoms with Crippen molar-refractivity contribution >= 4 is 46.6 Å². The van der Waals surface area contributed by atoms with Gasteiger partial charge in [0.15, 0.2) is 6.61 Å². The van der Waals surface area contributed by atoms with Crippen LogP contribution < -0.4 is 10.1 Å². The lowest BCUT2D eigenvalue weighted by Gasteiger charge is -2.31. The molecule has 0 aliphatic heterocycles. The van der Waals surface area contributed by atoms with Crippen LogP contribution in [0.3, 0.4) is 0 Å². The maximum absolute atomic E-state index is 13.2. The Labute approximate surface area is 210 Å². The maximum atomic E-state index is 13.2. The molecule has 33 heavy (non-hydrogen) atoms. The van der Waals surface area contributed by atoms with Gasteiger partial charge in [-0.15, -0.1) is 0 Å². The highest BCUT2D eigenvalue weighted by atomic mass is 35.5. The monoisotopic (exact) mass is 510 g/mol. The van der Waals surface area contributed by atoms with Gasteiger partial charge in [0.1, 0.15) is 11.8 Å². The van der Waals surface area contributed by atoms with Crippen molar-refractivity contribution in [3.63, 3.8) is 0 Å². The molecule has 8 heteroatoms. The topological polar surface area (TPSA) is 58.6 Å². The first kappa shape index (κ1) is 25.7. The van der Waals surface area contributed by atoms with Gasteiger partial charge in [-0.2, -0.15) is 0 Å². The fourth-order valence-corrected chi connectivity index (χ4v) is 4.51. The fraction of sp³-hybridized carbons (Fsp3) is 0.440. The molecule has 3 rings (SSSR count). The van der Waals surface area contributed by atoms with E-state index in [1.165, 1.54) is 11.3 Å². The van der Waals surface area contributed by atoms with Gasteiger partial charge in [-0.3, -0.25) is 9.59 Å². The average molecular weight is 512 g/mol. The normalized spacial score (nSPS) is 15.1. The van der Waals surface area contributed by atoms with Gasteiger partial charge in [0.05, 0.1) is 0 Å². The number of benzene rings is 2. The van der Waals surface area contributed by atoms with E-state index in [2.05, 4.69) is 5.32 Å². The predicted molar refractivity (Wildman–Crippen MR) is 133 cm³/mol. The summed E-state index contributed by atoms with van der Waals surface area (Å²) in [6, 6.07) is 9.77. The van der Waals surface area contributed by atoms with Crippen LogP contribution in [0, 0.1) is 6.92 Å². The Balaban J connectivity index is 1.74. The molecule has 5 nitrogen and oxygen atoms in total. The van der Waals surface area contributed by atoms with Gasteiger partial charge >= 0.3 is 0 Å². The van der Waals surface area contributed by atoms with E-state index in [0.29, 0.717) is 26.4 Å². The first-order valence-corrected chi connectivity index (χ1v) is 12.3. The van der Waals surface area contributed by atoms with Gasteiger partial charge in [-0.25, -0.2) is 0 Å². The molecule has 0 radical (unpaired) electrons. The highest BCUT2D eigenvalue weighted by molar-refractivity contribution is 6.35. The molecule has 2 amide bonds. The summed E-state index contributed by atoms with van der Waals surface area (Å²) in [6.07, 6.45) is 5.35. The predicted octanol–water partition coefficient (Wildman–Crippen LogP) is 6.20. The molecule has 0 aromatic heterocycles. The number of nitrogens with one attached hydrogen (secondary N) is 1. The molecule has 0 spiro atoms. The van der Waals surface area contributed by atoms with Crippen LogP contribution in [-0.4, -0.2) is 35.4 Å². The molecule has 0 saturated heterocycles. The minimum Gasteiger partial charge on any atom is -0.484 e. The van der Waals surface area contributed by atoms with Crippen molar-refractivity contribution in [1.29, 1.82) is 0 Å². The van der Waals surface area contributed by atoms with Crippen LogP contribution in [0.1, 0.15) is 50.2 Å². The maximum Gasteiger partial charge on any atom is 0.261 e. The standard InChI is InChI=1S/C25H29Cl3N2O3/c1-16-12-21(10-11-22(16)27)33-15-24(31)30(14-18-8-9-19(26)13-23(18)28)17(2)25(32)29-20-6-4-3-5-7-20/h8-13,17,20H,3-7,14-15H2,1-2H3,(H,29,32). The lowest BCUT2D eigenvalue weighted by Crippen LogP contribution is -2.51. The summed E-state index contributed by atoms with van der Waals surface area (Å²) >= 11 is 18.4. The summed E-state index contributed by atoms with van der Waals surface area (Å²) < 4.78 is 5.72. The van der Waals surface area contributed by atoms with Crippen molar-refractivity contribution in [1.82, 2.24) is 10.2 Å². The summed E-state index contributed by atoms with van der Waals surface area (Å²) in [5.74, 6) is 0.0385. The van der Waals surface area contributed by atoms with Gasteiger partial charge in [0.2, 0.25) is 5.91 Å². The van der Waals surface area contributed by atoms with Crippen LogP contribution in [0.2, 0.25) is 15.1 Å². The molecule has 2 aromatic rings. The molecule has 1 saturated carbocycles. The van der Waals surface area contributed by atoms with Gasteiger partial charge in [-0.1, -0.05) is 60.1 Å². The molecule has 1 unspecified atom stereocenters. The second-order valence-electron chi connectivity index (χ2n) is 8.48. The number of amides is 2. The second kappa shape index (κ2) is 12.0. The van der Waals surface area contributed by atoms with Crippen molar-refractivity contribution < 1.29 is 14.3 Å². The number of carbonyl (C=O) groups is 2. The first-order chi connectivity index (χ1) is 15.7. The number of nitrogens with zero attached hydrogens (tertiary/aromatic N) is 1. The summed E-state index contributed by atoms with van der Waals surface area (Å²) in [6.45, 7) is 3.54. The van der Waals surface area contributed by atoms with E-state index in [0.717, 1.165) is 31.2 Å². The van der Waals surface area contributed by atoms with Crippen LogP contribution in [0.25, 0.3) is 0 Å². The highest BCUT2D eigenvalue weighted by Crippen LogP contribution is 2.25. The smallest absolute Gasteiger partial charge is 0.261 e.